The minimum absolute atomic E-state index is 0.0662. The van der Waals surface area contributed by atoms with Crippen molar-refractivity contribution in [3.63, 3.8) is 0 Å². The Morgan fingerprint density at radius 1 is 1.16 bits per heavy atom. The summed E-state index contributed by atoms with van der Waals surface area (Å²) < 4.78 is 19.5. The van der Waals surface area contributed by atoms with Gasteiger partial charge in [0.1, 0.15) is 11.6 Å². The molecule has 0 saturated carbocycles. The largest absolute Gasteiger partial charge is 0.497 e. The lowest BCUT2D eigenvalue weighted by Crippen LogP contribution is -2.06. The van der Waals surface area contributed by atoms with Gasteiger partial charge in [-0.05, 0) is 48.9 Å². The Balaban J connectivity index is 2.44. The summed E-state index contributed by atoms with van der Waals surface area (Å²) in [6, 6.07) is 9.51. The Bertz CT molecular complexity index is 638. The predicted octanol–water partition coefficient (Wildman–Crippen LogP) is 4.14. The van der Waals surface area contributed by atoms with E-state index in [4.69, 9.17) is 4.74 Å². The lowest BCUT2D eigenvalue weighted by molar-refractivity contribution is 0.103. The summed E-state index contributed by atoms with van der Waals surface area (Å²) in [5.41, 5.74) is 1.30. The fraction of sp³-hybridized carbons (Fsp3) is 0.133. The van der Waals surface area contributed by atoms with E-state index in [1.54, 1.807) is 38.3 Å². The quantitative estimate of drug-likeness (QED) is 0.794. The molecule has 0 heterocycles. The van der Waals surface area contributed by atoms with Crippen LogP contribution in [0, 0.1) is 12.7 Å². The number of ether oxygens (including phenoxy) is 1. The van der Waals surface area contributed by atoms with Gasteiger partial charge in [0.05, 0.1) is 12.7 Å². The standard InChI is InChI=1S/C15H12BrFO2/c1-9-7-11(19-2)4-6-12(9)15(18)13-5-3-10(16)8-14(13)17/h3-8H,1-2H3. The molecule has 0 amide bonds. The lowest BCUT2D eigenvalue weighted by atomic mass is 9.98. The predicted molar refractivity (Wildman–Crippen MR) is 75.3 cm³/mol. The van der Waals surface area contributed by atoms with Crippen molar-refractivity contribution < 1.29 is 13.9 Å². The van der Waals surface area contributed by atoms with Crippen LogP contribution in [0.5, 0.6) is 5.75 Å². The van der Waals surface area contributed by atoms with Gasteiger partial charge in [-0.3, -0.25) is 4.79 Å². The van der Waals surface area contributed by atoms with Gasteiger partial charge in [0, 0.05) is 10.0 Å². The average Bonchev–Trinajstić information content (AvgIpc) is 2.37. The van der Waals surface area contributed by atoms with Crippen LogP contribution in [0.25, 0.3) is 0 Å². The molecule has 0 aliphatic heterocycles. The first-order valence-electron chi connectivity index (χ1n) is 5.67. The summed E-state index contributed by atoms with van der Waals surface area (Å²) in [5.74, 6) is -0.190. The molecule has 2 rings (SSSR count). The molecule has 2 nitrogen and oxygen atoms in total. The number of carbonyl (C=O) groups excluding carboxylic acids is 1. The fourth-order valence-electron chi connectivity index (χ4n) is 1.84. The summed E-state index contributed by atoms with van der Waals surface area (Å²) in [6.45, 7) is 1.80. The Morgan fingerprint density at radius 3 is 2.42 bits per heavy atom. The zero-order valence-electron chi connectivity index (χ0n) is 10.5. The smallest absolute Gasteiger partial charge is 0.196 e. The zero-order valence-corrected chi connectivity index (χ0v) is 12.1. The molecular weight excluding hydrogens is 311 g/mol. The summed E-state index contributed by atoms with van der Waals surface area (Å²) in [4.78, 5) is 12.3. The van der Waals surface area contributed by atoms with Gasteiger partial charge in [0.2, 0.25) is 0 Å². The van der Waals surface area contributed by atoms with Gasteiger partial charge in [-0.1, -0.05) is 15.9 Å². The molecule has 0 aliphatic rings. The van der Waals surface area contributed by atoms with Crippen molar-refractivity contribution in [1.82, 2.24) is 0 Å². The van der Waals surface area contributed by atoms with Crippen LogP contribution in [0.15, 0.2) is 40.9 Å². The van der Waals surface area contributed by atoms with E-state index in [1.807, 2.05) is 0 Å². The monoisotopic (exact) mass is 322 g/mol. The number of benzene rings is 2. The van der Waals surface area contributed by atoms with Gasteiger partial charge >= 0.3 is 0 Å². The molecule has 0 aromatic heterocycles. The van der Waals surface area contributed by atoms with Gasteiger partial charge in [-0.25, -0.2) is 4.39 Å². The van der Waals surface area contributed by atoms with Gasteiger partial charge in [-0.15, -0.1) is 0 Å². The van der Waals surface area contributed by atoms with Gasteiger partial charge in [0.15, 0.2) is 5.78 Å². The zero-order chi connectivity index (χ0) is 14.0. The van der Waals surface area contributed by atoms with Crippen LogP contribution in [-0.2, 0) is 0 Å². The lowest BCUT2D eigenvalue weighted by Gasteiger charge is -2.08. The maximum Gasteiger partial charge on any atom is 0.196 e. The summed E-state index contributed by atoms with van der Waals surface area (Å²) in [6.07, 6.45) is 0. The highest BCUT2D eigenvalue weighted by Crippen LogP contribution is 2.22. The number of hydrogen-bond acceptors (Lipinski definition) is 2. The van der Waals surface area contributed by atoms with Crippen molar-refractivity contribution in [2.75, 3.05) is 7.11 Å². The number of rotatable bonds is 3. The molecule has 0 spiro atoms. The van der Waals surface area contributed by atoms with Crippen molar-refractivity contribution in [2.24, 2.45) is 0 Å². The molecule has 0 atom stereocenters. The maximum atomic E-state index is 13.8. The van der Waals surface area contributed by atoms with Crippen LogP contribution < -0.4 is 4.74 Å². The Labute approximate surface area is 119 Å². The number of hydrogen-bond donors (Lipinski definition) is 0. The first-order chi connectivity index (χ1) is 9.02. The molecule has 0 N–H and O–H groups in total. The van der Waals surface area contributed by atoms with Gasteiger partial charge < -0.3 is 4.74 Å². The van der Waals surface area contributed by atoms with Crippen molar-refractivity contribution >= 4 is 21.7 Å². The maximum absolute atomic E-state index is 13.8. The normalized spacial score (nSPS) is 10.3. The van der Waals surface area contributed by atoms with Crippen LogP contribution in [0.4, 0.5) is 4.39 Å². The van der Waals surface area contributed by atoms with Crippen LogP contribution >= 0.6 is 15.9 Å². The average molecular weight is 323 g/mol. The van der Waals surface area contributed by atoms with E-state index in [0.717, 1.165) is 5.56 Å². The molecule has 0 saturated heterocycles. The van der Waals surface area contributed by atoms with Crippen molar-refractivity contribution in [3.05, 3.63) is 63.4 Å². The number of halogens is 2. The van der Waals surface area contributed by atoms with Crippen molar-refractivity contribution in [3.8, 4) is 5.75 Å². The highest BCUT2D eigenvalue weighted by molar-refractivity contribution is 9.10. The highest BCUT2D eigenvalue weighted by atomic mass is 79.9. The molecule has 2 aromatic carbocycles. The highest BCUT2D eigenvalue weighted by Gasteiger charge is 2.16. The van der Waals surface area contributed by atoms with E-state index in [0.29, 0.717) is 15.8 Å². The third-order valence-corrected chi connectivity index (χ3v) is 3.35. The third-order valence-electron chi connectivity index (χ3n) is 2.85. The Morgan fingerprint density at radius 2 is 1.84 bits per heavy atom. The summed E-state index contributed by atoms with van der Waals surface area (Å²) >= 11 is 3.17. The number of methoxy groups -OCH3 is 1. The second-order valence-electron chi connectivity index (χ2n) is 4.13. The van der Waals surface area contributed by atoms with E-state index >= 15 is 0 Å². The molecule has 0 unspecified atom stereocenters. The summed E-state index contributed by atoms with van der Waals surface area (Å²) in [5, 5.41) is 0. The number of aryl methyl sites for hydroxylation is 1. The molecule has 0 aliphatic carbocycles. The fourth-order valence-corrected chi connectivity index (χ4v) is 2.17. The molecule has 4 heteroatoms. The summed E-state index contributed by atoms with van der Waals surface area (Å²) in [7, 11) is 1.56. The Kier molecular flexibility index (Phi) is 4.00. The van der Waals surface area contributed by atoms with Crippen LogP contribution in [0.3, 0.4) is 0 Å². The minimum atomic E-state index is -0.533. The minimum Gasteiger partial charge on any atom is -0.497 e. The third kappa shape index (κ3) is 2.84. The molecular formula is C15H12BrFO2. The second kappa shape index (κ2) is 5.53. The van der Waals surface area contributed by atoms with E-state index in [-0.39, 0.29) is 11.3 Å². The van der Waals surface area contributed by atoms with E-state index in [1.165, 1.54) is 12.1 Å². The van der Waals surface area contributed by atoms with Gasteiger partial charge in [0.25, 0.3) is 0 Å². The van der Waals surface area contributed by atoms with Crippen LogP contribution in [0.2, 0.25) is 0 Å². The molecule has 0 radical (unpaired) electrons. The molecule has 0 fully saturated rings. The topological polar surface area (TPSA) is 26.3 Å². The van der Waals surface area contributed by atoms with Crippen molar-refractivity contribution in [2.45, 2.75) is 6.92 Å². The second-order valence-corrected chi connectivity index (χ2v) is 5.05. The first-order valence-corrected chi connectivity index (χ1v) is 6.46. The van der Waals surface area contributed by atoms with Crippen LogP contribution in [-0.4, -0.2) is 12.9 Å². The molecule has 2 aromatic rings. The van der Waals surface area contributed by atoms with E-state index in [2.05, 4.69) is 15.9 Å². The molecule has 98 valence electrons. The molecule has 0 bridgehead atoms. The SMILES string of the molecule is COc1ccc(C(=O)c2ccc(Br)cc2F)c(C)c1. The van der Waals surface area contributed by atoms with E-state index in [9.17, 15) is 9.18 Å². The van der Waals surface area contributed by atoms with Crippen molar-refractivity contribution in [1.29, 1.82) is 0 Å². The molecule has 19 heavy (non-hydrogen) atoms. The van der Waals surface area contributed by atoms with Gasteiger partial charge in [-0.2, -0.15) is 0 Å². The first kappa shape index (κ1) is 13.7. The van der Waals surface area contributed by atoms with Crippen LogP contribution in [0.1, 0.15) is 21.5 Å². The number of ketones is 1. The van der Waals surface area contributed by atoms with E-state index < -0.39 is 5.82 Å². The Hall–Kier alpha value is -1.68. The number of carbonyl (C=O) groups is 1.